The van der Waals surface area contributed by atoms with Crippen LogP contribution in [0.2, 0.25) is 0 Å². The molecule has 108 valence electrons. The second-order valence-electron chi connectivity index (χ2n) is 4.48. The van der Waals surface area contributed by atoms with Crippen LogP contribution in [0.5, 0.6) is 0 Å². The van der Waals surface area contributed by atoms with Crippen molar-refractivity contribution in [2.45, 2.75) is 32.7 Å². The van der Waals surface area contributed by atoms with Crippen molar-refractivity contribution >= 4 is 22.4 Å². The molecule has 1 aromatic heterocycles. The number of ether oxygens (including phenoxy) is 2. The number of carbonyl (C=O) groups is 1. The predicted octanol–water partition coefficient (Wildman–Crippen LogP) is 2.11. The molecule has 0 aliphatic heterocycles. The van der Waals surface area contributed by atoms with Crippen LogP contribution in [0.25, 0.3) is 0 Å². The zero-order valence-corrected chi connectivity index (χ0v) is 12.8. The van der Waals surface area contributed by atoms with Crippen molar-refractivity contribution in [1.82, 2.24) is 4.98 Å². The summed E-state index contributed by atoms with van der Waals surface area (Å²) >= 11 is 1.60. The Bertz CT molecular complexity index is 393. The highest BCUT2D eigenvalue weighted by Crippen LogP contribution is 2.23. The molecule has 0 amide bonds. The van der Waals surface area contributed by atoms with Crippen LogP contribution in [0.3, 0.4) is 0 Å². The SMILES string of the molecule is COCCN(c1nc(CCC(=O)OC)cs1)C(C)C. The lowest BCUT2D eigenvalue weighted by molar-refractivity contribution is -0.140. The smallest absolute Gasteiger partial charge is 0.305 e. The highest BCUT2D eigenvalue weighted by molar-refractivity contribution is 7.13. The number of esters is 1. The van der Waals surface area contributed by atoms with Gasteiger partial charge in [0.25, 0.3) is 0 Å². The maximum atomic E-state index is 11.1. The molecule has 0 aromatic carbocycles. The van der Waals surface area contributed by atoms with E-state index < -0.39 is 0 Å². The van der Waals surface area contributed by atoms with E-state index in [1.54, 1.807) is 18.4 Å². The lowest BCUT2D eigenvalue weighted by atomic mass is 10.2. The molecule has 0 aliphatic carbocycles. The maximum absolute atomic E-state index is 11.1. The summed E-state index contributed by atoms with van der Waals surface area (Å²) in [5, 5.41) is 2.98. The largest absolute Gasteiger partial charge is 0.469 e. The summed E-state index contributed by atoms with van der Waals surface area (Å²) in [7, 11) is 3.10. The quantitative estimate of drug-likeness (QED) is 0.685. The third-order valence-corrected chi connectivity index (χ3v) is 3.68. The fourth-order valence-corrected chi connectivity index (χ4v) is 2.66. The number of aromatic nitrogens is 1. The van der Waals surface area contributed by atoms with Gasteiger partial charge in [0.15, 0.2) is 5.13 Å². The molecule has 5 nitrogen and oxygen atoms in total. The number of carbonyl (C=O) groups excluding carboxylic acids is 1. The van der Waals surface area contributed by atoms with E-state index in [0.717, 1.165) is 17.4 Å². The molecule has 19 heavy (non-hydrogen) atoms. The molecule has 1 heterocycles. The second-order valence-corrected chi connectivity index (χ2v) is 5.31. The third kappa shape index (κ3) is 5.16. The summed E-state index contributed by atoms with van der Waals surface area (Å²) in [5.41, 5.74) is 0.938. The number of anilines is 1. The lowest BCUT2D eigenvalue weighted by Gasteiger charge is -2.25. The Morgan fingerprint density at radius 1 is 1.47 bits per heavy atom. The number of thiazole rings is 1. The zero-order chi connectivity index (χ0) is 14.3. The predicted molar refractivity (Wildman–Crippen MR) is 76.8 cm³/mol. The molecule has 0 radical (unpaired) electrons. The number of aryl methyl sites for hydroxylation is 1. The number of methoxy groups -OCH3 is 2. The minimum Gasteiger partial charge on any atom is -0.469 e. The van der Waals surface area contributed by atoms with Gasteiger partial charge in [-0.2, -0.15) is 0 Å². The highest BCUT2D eigenvalue weighted by Gasteiger charge is 2.14. The van der Waals surface area contributed by atoms with Gasteiger partial charge in [-0.05, 0) is 13.8 Å². The normalized spacial score (nSPS) is 10.8. The van der Waals surface area contributed by atoms with Crippen LogP contribution in [-0.4, -0.2) is 44.4 Å². The van der Waals surface area contributed by atoms with E-state index in [9.17, 15) is 4.79 Å². The van der Waals surface area contributed by atoms with Crippen LogP contribution >= 0.6 is 11.3 Å². The van der Waals surface area contributed by atoms with Gasteiger partial charge in [0, 0.05) is 31.5 Å². The minimum atomic E-state index is -0.199. The van der Waals surface area contributed by atoms with Gasteiger partial charge < -0.3 is 14.4 Å². The summed E-state index contributed by atoms with van der Waals surface area (Å²) in [6.45, 7) is 5.75. The zero-order valence-electron chi connectivity index (χ0n) is 12.0. The van der Waals surface area contributed by atoms with Gasteiger partial charge in [0.1, 0.15) is 0 Å². The van der Waals surface area contributed by atoms with Crippen molar-refractivity contribution in [1.29, 1.82) is 0 Å². The van der Waals surface area contributed by atoms with E-state index in [2.05, 4.69) is 28.5 Å². The van der Waals surface area contributed by atoms with Crippen LogP contribution in [0, 0.1) is 0 Å². The molecule has 0 saturated heterocycles. The Kier molecular flexibility index (Phi) is 6.80. The van der Waals surface area contributed by atoms with Crippen molar-refractivity contribution in [2.75, 3.05) is 32.3 Å². The molecule has 0 saturated carbocycles. The Morgan fingerprint density at radius 3 is 2.79 bits per heavy atom. The Morgan fingerprint density at radius 2 is 2.21 bits per heavy atom. The van der Waals surface area contributed by atoms with Crippen molar-refractivity contribution in [2.24, 2.45) is 0 Å². The fraction of sp³-hybridized carbons (Fsp3) is 0.692. The molecule has 1 rings (SSSR count). The van der Waals surface area contributed by atoms with Crippen LogP contribution in [-0.2, 0) is 20.7 Å². The molecule has 6 heteroatoms. The van der Waals surface area contributed by atoms with Gasteiger partial charge in [0.05, 0.1) is 25.8 Å². The number of nitrogens with zero attached hydrogens (tertiary/aromatic N) is 2. The summed E-state index contributed by atoms with van der Waals surface area (Å²) in [5.74, 6) is -0.199. The van der Waals surface area contributed by atoms with Gasteiger partial charge in [-0.25, -0.2) is 4.98 Å². The molecule has 0 bridgehead atoms. The van der Waals surface area contributed by atoms with Crippen LogP contribution in [0.1, 0.15) is 26.0 Å². The number of hydrogen-bond acceptors (Lipinski definition) is 6. The molecular weight excluding hydrogens is 264 g/mol. The molecule has 1 aromatic rings. The van der Waals surface area contributed by atoms with Crippen molar-refractivity contribution in [3.63, 3.8) is 0 Å². The van der Waals surface area contributed by atoms with E-state index >= 15 is 0 Å². The van der Waals surface area contributed by atoms with Gasteiger partial charge in [0.2, 0.25) is 0 Å². The van der Waals surface area contributed by atoms with Crippen molar-refractivity contribution in [3.05, 3.63) is 11.1 Å². The molecule has 0 unspecified atom stereocenters. The van der Waals surface area contributed by atoms with E-state index in [1.807, 2.05) is 5.38 Å². The maximum Gasteiger partial charge on any atom is 0.305 e. The first-order chi connectivity index (χ1) is 9.08. The fourth-order valence-electron chi connectivity index (χ4n) is 1.64. The monoisotopic (exact) mass is 286 g/mol. The first kappa shape index (κ1) is 15.9. The Balaban J connectivity index is 2.62. The molecule has 0 fully saturated rings. The number of hydrogen-bond donors (Lipinski definition) is 0. The van der Waals surface area contributed by atoms with Gasteiger partial charge in [-0.3, -0.25) is 4.79 Å². The third-order valence-electron chi connectivity index (χ3n) is 2.76. The number of rotatable bonds is 8. The second kappa shape index (κ2) is 8.12. The minimum absolute atomic E-state index is 0.199. The Labute approximate surface area is 118 Å². The summed E-state index contributed by atoms with van der Waals surface area (Å²) in [4.78, 5) is 17.9. The van der Waals surface area contributed by atoms with Crippen molar-refractivity contribution < 1.29 is 14.3 Å². The molecular formula is C13H22N2O3S. The summed E-state index contributed by atoms with van der Waals surface area (Å²) in [6.07, 6.45) is 0.999. The molecule has 0 spiro atoms. The van der Waals surface area contributed by atoms with Gasteiger partial charge >= 0.3 is 5.97 Å². The first-order valence-electron chi connectivity index (χ1n) is 6.35. The Hall–Kier alpha value is -1.14. The van der Waals surface area contributed by atoms with Crippen LogP contribution in [0.4, 0.5) is 5.13 Å². The van der Waals surface area contributed by atoms with Gasteiger partial charge in [-0.1, -0.05) is 0 Å². The first-order valence-corrected chi connectivity index (χ1v) is 7.23. The van der Waals surface area contributed by atoms with Gasteiger partial charge in [-0.15, -0.1) is 11.3 Å². The average molecular weight is 286 g/mol. The van der Waals surface area contributed by atoms with Crippen LogP contribution in [0.15, 0.2) is 5.38 Å². The average Bonchev–Trinajstić information content (AvgIpc) is 2.84. The van der Waals surface area contributed by atoms with Crippen molar-refractivity contribution in [3.8, 4) is 0 Å². The van der Waals surface area contributed by atoms with E-state index in [1.165, 1.54) is 7.11 Å². The molecule has 0 N–H and O–H groups in total. The van der Waals surface area contributed by atoms with E-state index in [-0.39, 0.29) is 5.97 Å². The van der Waals surface area contributed by atoms with E-state index in [0.29, 0.717) is 25.5 Å². The molecule has 0 aliphatic rings. The summed E-state index contributed by atoms with van der Waals surface area (Å²) < 4.78 is 9.75. The standard InChI is InChI=1S/C13H22N2O3S/c1-10(2)15(7-8-17-3)13-14-11(9-19-13)5-6-12(16)18-4/h9-10H,5-8H2,1-4H3. The van der Waals surface area contributed by atoms with Crippen LogP contribution < -0.4 is 4.90 Å². The summed E-state index contributed by atoms with van der Waals surface area (Å²) in [6, 6.07) is 0.370. The lowest BCUT2D eigenvalue weighted by Crippen LogP contribution is -2.33. The highest BCUT2D eigenvalue weighted by atomic mass is 32.1. The van der Waals surface area contributed by atoms with E-state index in [4.69, 9.17) is 4.74 Å². The topological polar surface area (TPSA) is 51.7 Å². The molecule has 0 atom stereocenters.